The Morgan fingerprint density at radius 1 is 1.27 bits per heavy atom. The third-order valence-corrected chi connectivity index (χ3v) is 3.31. The van der Waals surface area contributed by atoms with E-state index in [1.165, 1.54) is 0 Å². The van der Waals surface area contributed by atoms with Gasteiger partial charge in [-0.05, 0) is 19.3 Å². The summed E-state index contributed by atoms with van der Waals surface area (Å²) in [6, 6.07) is 0. The highest BCUT2D eigenvalue weighted by Crippen LogP contribution is 2.30. The summed E-state index contributed by atoms with van der Waals surface area (Å²) in [4.78, 5) is 13.4. The van der Waals surface area contributed by atoms with Crippen LogP contribution < -0.4 is 0 Å². The van der Waals surface area contributed by atoms with Gasteiger partial charge in [-0.15, -0.1) is 0 Å². The van der Waals surface area contributed by atoms with Gasteiger partial charge in [-0.2, -0.15) is 0 Å². The first-order valence-electron chi connectivity index (χ1n) is 5.67. The van der Waals surface area contributed by atoms with Crippen molar-refractivity contribution < 1.29 is 15.0 Å². The SMILES string of the molecule is CCCC(=O)N1CCC(CO)(CO)CC1. The second-order valence-electron chi connectivity index (χ2n) is 4.45. The standard InChI is InChI=1S/C11H21NO3/c1-2-3-10(15)12-6-4-11(8-13,9-14)5-7-12/h13-14H,2-9H2,1H3. The molecular formula is C11H21NO3. The largest absolute Gasteiger partial charge is 0.396 e. The highest BCUT2D eigenvalue weighted by molar-refractivity contribution is 5.76. The topological polar surface area (TPSA) is 60.8 Å². The maximum absolute atomic E-state index is 11.6. The lowest BCUT2D eigenvalue weighted by molar-refractivity contribution is -0.134. The number of aliphatic hydroxyl groups excluding tert-OH is 2. The number of hydrogen-bond donors (Lipinski definition) is 2. The summed E-state index contributed by atoms with van der Waals surface area (Å²) in [6.07, 6.45) is 2.89. The highest BCUT2D eigenvalue weighted by Gasteiger charge is 2.34. The van der Waals surface area contributed by atoms with Crippen molar-refractivity contribution in [3.63, 3.8) is 0 Å². The van der Waals surface area contributed by atoms with E-state index in [0.717, 1.165) is 6.42 Å². The van der Waals surface area contributed by atoms with Gasteiger partial charge in [0.25, 0.3) is 0 Å². The highest BCUT2D eigenvalue weighted by atomic mass is 16.3. The lowest BCUT2D eigenvalue weighted by atomic mass is 9.80. The van der Waals surface area contributed by atoms with Crippen LogP contribution in [0.2, 0.25) is 0 Å². The lowest BCUT2D eigenvalue weighted by Gasteiger charge is -2.39. The molecule has 0 atom stereocenters. The Balaban J connectivity index is 2.44. The van der Waals surface area contributed by atoms with Gasteiger partial charge in [0.05, 0.1) is 13.2 Å². The van der Waals surface area contributed by atoms with Crippen LogP contribution in [-0.4, -0.2) is 47.3 Å². The minimum absolute atomic E-state index is 0.0132. The second-order valence-corrected chi connectivity index (χ2v) is 4.45. The van der Waals surface area contributed by atoms with Crippen LogP contribution >= 0.6 is 0 Å². The van der Waals surface area contributed by atoms with Crippen molar-refractivity contribution in [3.8, 4) is 0 Å². The molecule has 88 valence electrons. The molecule has 0 spiro atoms. The minimum atomic E-state index is -0.358. The number of hydrogen-bond acceptors (Lipinski definition) is 3. The van der Waals surface area contributed by atoms with Gasteiger partial charge in [0.15, 0.2) is 0 Å². The maximum atomic E-state index is 11.6. The summed E-state index contributed by atoms with van der Waals surface area (Å²) in [5.41, 5.74) is -0.358. The summed E-state index contributed by atoms with van der Waals surface area (Å²) in [7, 11) is 0. The summed E-state index contributed by atoms with van der Waals surface area (Å²) < 4.78 is 0. The number of likely N-dealkylation sites (tertiary alicyclic amines) is 1. The minimum Gasteiger partial charge on any atom is -0.396 e. The molecule has 1 fully saturated rings. The van der Waals surface area contributed by atoms with Crippen molar-refractivity contribution in [2.75, 3.05) is 26.3 Å². The van der Waals surface area contributed by atoms with E-state index in [-0.39, 0.29) is 24.5 Å². The fraction of sp³-hybridized carbons (Fsp3) is 0.909. The third kappa shape index (κ3) is 2.92. The summed E-state index contributed by atoms with van der Waals surface area (Å²) in [6.45, 7) is 3.35. The zero-order chi connectivity index (χ0) is 11.3. The van der Waals surface area contributed by atoms with Crippen LogP contribution in [0.5, 0.6) is 0 Å². The van der Waals surface area contributed by atoms with E-state index in [0.29, 0.717) is 32.4 Å². The number of carbonyl (C=O) groups excluding carboxylic acids is 1. The van der Waals surface area contributed by atoms with Gasteiger partial charge in [0.2, 0.25) is 5.91 Å². The van der Waals surface area contributed by atoms with E-state index < -0.39 is 0 Å². The van der Waals surface area contributed by atoms with Crippen molar-refractivity contribution in [3.05, 3.63) is 0 Å². The number of rotatable bonds is 4. The summed E-state index contributed by atoms with van der Waals surface area (Å²) >= 11 is 0. The van der Waals surface area contributed by atoms with Crippen molar-refractivity contribution >= 4 is 5.91 Å². The van der Waals surface area contributed by atoms with Crippen LogP contribution in [0.3, 0.4) is 0 Å². The molecule has 15 heavy (non-hydrogen) atoms. The Morgan fingerprint density at radius 3 is 2.20 bits per heavy atom. The van der Waals surface area contributed by atoms with Crippen LogP contribution in [0.4, 0.5) is 0 Å². The fourth-order valence-corrected chi connectivity index (χ4v) is 1.97. The summed E-state index contributed by atoms with van der Waals surface area (Å²) in [5.74, 6) is 0.196. The number of piperidine rings is 1. The smallest absolute Gasteiger partial charge is 0.222 e. The van der Waals surface area contributed by atoms with Crippen molar-refractivity contribution in [2.24, 2.45) is 5.41 Å². The van der Waals surface area contributed by atoms with E-state index >= 15 is 0 Å². The Bertz CT molecular complexity index is 204. The molecule has 0 bridgehead atoms. The van der Waals surface area contributed by atoms with E-state index in [4.69, 9.17) is 0 Å². The zero-order valence-corrected chi connectivity index (χ0v) is 9.41. The van der Waals surface area contributed by atoms with E-state index in [9.17, 15) is 15.0 Å². The quantitative estimate of drug-likeness (QED) is 0.712. The van der Waals surface area contributed by atoms with E-state index in [2.05, 4.69) is 0 Å². The molecule has 0 aromatic carbocycles. The predicted molar refractivity (Wildman–Crippen MR) is 57.3 cm³/mol. The Labute approximate surface area is 90.9 Å². The number of carbonyl (C=O) groups is 1. The second kappa shape index (κ2) is 5.47. The summed E-state index contributed by atoms with van der Waals surface area (Å²) in [5, 5.41) is 18.4. The zero-order valence-electron chi connectivity index (χ0n) is 9.41. The third-order valence-electron chi connectivity index (χ3n) is 3.31. The Kier molecular flexibility index (Phi) is 4.54. The molecule has 1 rings (SSSR count). The first-order valence-corrected chi connectivity index (χ1v) is 5.67. The number of nitrogens with zero attached hydrogens (tertiary/aromatic N) is 1. The molecular weight excluding hydrogens is 194 g/mol. The number of aliphatic hydroxyl groups is 2. The lowest BCUT2D eigenvalue weighted by Crippen LogP contribution is -2.46. The molecule has 2 N–H and O–H groups in total. The Hall–Kier alpha value is -0.610. The van der Waals surface area contributed by atoms with Crippen LogP contribution in [0.15, 0.2) is 0 Å². The van der Waals surface area contributed by atoms with Crippen LogP contribution in [0.25, 0.3) is 0 Å². The maximum Gasteiger partial charge on any atom is 0.222 e. The average Bonchev–Trinajstić information content (AvgIpc) is 2.29. The fourth-order valence-electron chi connectivity index (χ4n) is 1.97. The normalized spacial score (nSPS) is 20.3. The number of amides is 1. The van der Waals surface area contributed by atoms with Crippen molar-refractivity contribution in [1.29, 1.82) is 0 Å². The molecule has 1 heterocycles. The van der Waals surface area contributed by atoms with Crippen molar-refractivity contribution in [1.82, 2.24) is 4.90 Å². The van der Waals surface area contributed by atoms with Gasteiger partial charge in [-0.1, -0.05) is 6.92 Å². The van der Waals surface area contributed by atoms with Gasteiger partial charge >= 0.3 is 0 Å². The van der Waals surface area contributed by atoms with E-state index in [1.54, 1.807) is 0 Å². The average molecular weight is 215 g/mol. The molecule has 1 saturated heterocycles. The molecule has 0 radical (unpaired) electrons. The predicted octanol–water partition coefficient (Wildman–Crippen LogP) is 0.380. The molecule has 0 aliphatic carbocycles. The van der Waals surface area contributed by atoms with Crippen LogP contribution in [-0.2, 0) is 4.79 Å². The molecule has 1 aliphatic rings. The van der Waals surface area contributed by atoms with Gasteiger partial charge in [0.1, 0.15) is 0 Å². The molecule has 1 amide bonds. The van der Waals surface area contributed by atoms with Gasteiger partial charge < -0.3 is 15.1 Å². The van der Waals surface area contributed by atoms with Gasteiger partial charge in [0, 0.05) is 24.9 Å². The molecule has 0 aromatic heterocycles. The van der Waals surface area contributed by atoms with Gasteiger partial charge in [-0.25, -0.2) is 0 Å². The molecule has 4 heteroatoms. The molecule has 0 aromatic rings. The van der Waals surface area contributed by atoms with Crippen molar-refractivity contribution in [2.45, 2.75) is 32.6 Å². The monoisotopic (exact) mass is 215 g/mol. The molecule has 4 nitrogen and oxygen atoms in total. The van der Waals surface area contributed by atoms with Crippen LogP contribution in [0, 0.1) is 5.41 Å². The first kappa shape index (κ1) is 12.5. The molecule has 0 saturated carbocycles. The van der Waals surface area contributed by atoms with Crippen LogP contribution in [0.1, 0.15) is 32.6 Å². The van der Waals surface area contributed by atoms with Gasteiger partial charge in [-0.3, -0.25) is 4.79 Å². The molecule has 1 aliphatic heterocycles. The first-order chi connectivity index (χ1) is 7.17. The molecule has 0 unspecified atom stereocenters. The van der Waals surface area contributed by atoms with E-state index in [1.807, 2.05) is 11.8 Å². The Morgan fingerprint density at radius 2 is 1.80 bits per heavy atom.